The van der Waals surface area contributed by atoms with Crippen LogP contribution in [-0.4, -0.2) is 21.1 Å². The van der Waals surface area contributed by atoms with Crippen molar-refractivity contribution >= 4 is 11.9 Å². The Kier molecular flexibility index (Phi) is 3.57. The quantitative estimate of drug-likeness (QED) is 0.900. The Labute approximate surface area is 105 Å². The number of amides is 1. The zero-order valence-electron chi connectivity index (χ0n) is 10.2. The predicted octanol–water partition coefficient (Wildman–Crippen LogP) is 2.12. The average molecular weight is 246 g/mol. The van der Waals surface area contributed by atoms with E-state index in [9.17, 15) is 4.79 Å². The van der Waals surface area contributed by atoms with Crippen molar-refractivity contribution in [2.75, 3.05) is 5.32 Å². The summed E-state index contributed by atoms with van der Waals surface area (Å²) in [6, 6.07) is 9.53. The van der Waals surface area contributed by atoms with Crippen LogP contribution in [0.3, 0.4) is 0 Å². The van der Waals surface area contributed by atoms with Gasteiger partial charge in [0.25, 0.3) is 0 Å². The normalized spacial score (nSPS) is 11.9. The van der Waals surface area contributed by atoms with Crippen LogP contribution < -0.4 is 5.32 Å². The van der Waals surface area contributed by atoms with Crippen molar-refractivity contribution in [3.8, 4) is 0 Å². The van der Waals surface area contributed by atoms with Gasteiger partial charge < -0.3 is 4.74 Å². The topological polar surface area (TPSA) is 69.0 Å². The van der Waals surface area contributed by atoms with Gasteiger partial charge in [-0.2, -0.15) is 0 Å². The van der Waals surface area contributed by atoms with E-state index in [0.29, 0.717) is 5.82 Å². The van der Waals surface area contributed by atoms with E-state index in [1.165, 1.54) is 10.9 Å². The summed E-state index contributed by atoms with van der Waals surface area (Å²) in [6.45, 7) is 1.82. The summed E-state index contributed by atoms with van der Waals surface area (Å²) >= 11 is 0. The summed E-state index contributed by atoms with van der Waals surface area (Å²) in [5.74, 6) is 0.486. The van der Waals surface area contributed by atoms with Crippen LogP contribution in [-0.2, 0) is 11.8 Å². The van der Waals surface area contributed by atoms with Crippen molar-refractivity contribution < 1.29 is 9.53 Å². The number of nitrogens with one attached hydrogen (secondary N) is 1. The van der Waals surface area contributed by atoms with Gasteiger partial charge in [-0.05, 0) is 12.5 Å². The van der Waals surface area contributed by atoms with Gasteiger partial charge in [0.15, 0.2) is 5.82 Å². The third kappa shape index (κ3) is 2.85. The molecule has 6 heteroatoms. The van der Waals surface area contributed by atoms with Gasteiger partial charge in [-0.3, -0.25) is 5.32 Å². The maximum atomic E-state index is 11.6. The molecule has 1 atom stereocenters. The highest BCUT2D eigenvalue weighted by molar-refractivity contribution is 5.83. The maximum Gasteiger partial charge on any atom is 0.413 e. The number of carbonyl (C=O) groups excluding carboxylic acids is 1. The maximum absolute atomic E-state index is 11.6. The number of hydrogen-bond acceptors (Lipinski definition) is 4. The first-order chi connectivity index (χ1) is 8.66. The first kappa shape index (κ1) is 12.1. The minimum Gasteiger partial charge on any atom is -0.441 e. The van der Waals surface area contributed by atoms with Crippen molar-refractivity contribution in [3.05, 3.63) is 42.1 Å². The van der Waals surface area contributed by atoms with Crippen LogP contribution in [0.1, 0.15) is 18.6 Å². The van der Waals surface area contributed by atoms with Gasteiger partial charge in [0.05, 0.1) is 6.20 Å². The fraction of sp³-hybridized carbons (Fsp3) is 0.250. The largest absolute Gasteiger partial charge is 0.441 e. The van der Waals surface area contributed by atoms with Gasteiger partial charge in [0.2, 0.25) is 0 Å². The molecule has 0 aliphatic rings. The Bertz CT molecular complexity index is 524. The molecule has 18 heavy (non-hydrogen) atoms. The Morgan fingerprint density at radius 2 is 2.11 bits per heavy atom. The molecule has 2 rings (SSSR count). The minimum absolute atomic E-state index is 0.313. The first-order valence-corrected chi connectivity index (χ1v) is 5.54. The van der Waals surface area contributed by atoms with E-state index in [1.54, 1.807) is 7.05 Å². The van der Waals surface area contributed by atoms with E-state index in [0.717, 1.165) is 5.56 Å². The zero-order valence-corrected chi connectivity index (χ0v) is 10.2. The highest BCUT2D eigenvalue weighted by atomic mass is 16.6. The standard InChI is InChI=1S/C12H14N4O2/c1-9(10-6-4-3-5-7-10)18-12(17)14-11-8-13-15-16(11)2/h3-9H,1-2H3,(H,14,17). The Morgan fingerprint density at radius 1 is 1.39 bits per heavy atom. The van der Waals surface area contributed by atoms with Gasteiger partial charge >= 0.3 is 6.09 Å². The fourth-order valence-corrected chi connectivity index (χ4v) is 1.49. The second-order valence-corrected chi connectivity index (χ2v) is 3.83. The SMILES string of the molecule is CC(OC(=O)Nc1cnnn1C)c1ccccc1. The number of aromatic nitrogens is 3. The van der Waals surface area contributed by atoms with E-state index >= 15 is 0 Å². The van der Waals surface area contributed by atoms with Gasteiger partial charge in [0, 0.05) is 7.05 Å². The van der Waals surface area contributed by atoms with Crippen molar-refractivity contribution in [1.29, 1.82) is 0 Å². The molecule has 1 aromatic carbocycles. The molecular formula is C12H14N4O2. The molecule has 0 aliphatic carbocycles. The lowest BCUT2D eigenvalue weighted by Gasteiger charge is -2.13. The lowest BCUT2D eigenvalue weighted by Crippen LogP contribution is -2.17. The Hall–Kier alpha value is -2.37. The van der Waals surface area contributed by atoms with Crippen LogP contribution in [0, 0.1) is 0 Å². The van der Waals surface area contributed by atoms with Crippen LogP contribution >= 0.6 is 0 Å². The summed E-state index contributed by atoms with van der Waals surface area (Å²) in [6.07, 6.45) is 0.609. The van der Waals surface area contributed by atoms with Crippen LogP contribution in [0.5, 0.6) is 0 Å². The molecule has 1 amide bonds. The molecule has 0 spiro atoms. The molecule has 94 valence electrons. The number of ether oxygens (including phenoxy) is 1. The predicted molar refractivity (Wildman–Crippen MR) is 66.0 cm³/mol. The van der Waals surface area contributed by atoms with E-state index < -0.39 is 6.09 Å². The summed E-state index contributed by atoms with van der Waals surface area (Å²) in [4.78, 5) is 11.6. The fourth-order valence-electron chi connectivity index (χ4n) is 1.49. The Balaban J connectivity index is 1.94. The molecule has 6 nitrogen and oxygen atoms in total. The van der Waals surface area contributed by atoms with Crippen molar-refractivity contribution in [2.45, 2.75) is 13.0 Å². The van der Waals surface area contributed by atoms with Gasteiger partial charge in [-0.15, -0.1) is 5.10 Å². The number of carbonyl (C=O) groups is 1. The molecular weight excluding hydrogens is 232 g/mol. The second-order valence-electron chi connectivity index (χ2n) is 3.83. The average Bonchev–Trinajstić information content (AvgIpc) is 2.76. The molecule has 0 radical (unpaired) electrons. The third-order valence-corrected chi connectivity index (χ3v) is 2.50. The molecule has 0 fully saturated rings. The van der Waals surface area contributed by atoms with Crippen LogP contribution in [0.2, 0.25) is 0 Å². The van der Waals surface area contributed by atoms with Crippen molar-refractivity contribution in [2.24, 2.45) is 7.05 Å². The zero-order chi connectivity index (χ0) is 13.0. The molecule has 0 bridgehead atoms. The molecule has 1 aromatic heterocycles. The lowest BCUT2D eigenvalue weighted by atomic mass is 10.1. The summed E-state index contributed by atoms with van der Waals surface area (Å²) in [5, 5.41) is 9.93. The van der Waals surface area contributed by atoms with Crippen LogP contribution in [0.4, 0.5) is 10.6 Å². The van der Waals surface area contributed by atoms with Crippen molar-refractivity contribution in [3.63, 3.8) is 0 Å². The number of benzene rings is 1. The van der Waals surface area contributed by atoms with Gasteiger partial charge in [-0.25, -0.2) is 9.48 Å². The molecule has 0 saturated heterocycles. The first-order valence-electron chi connectivity index (χ1n) is 5.54. The number of hydrogen-bond donors (Lipinski definition) is 1. The highest BCUT2D eigenvalue weighted by Crippen LogP contribution is 2.16. The van der Waals surface area contributed by atoms with E-state index in [1.807, 2.05) is 37.3 Å². The number of anilines is 1. The van der Waals surface area contributed by atoms with E-state index in [2.05, 4.69) is 15.6 Å². The summed E-state index contributed by atoms with van der Waals surface area (Å²) in [7, 11) is 1.68. The lowest BCUT2D eigenvalue weighted by molar-refractivity contribution is 0.121. The molecule has 1 heterocycles. The summed E-state index contributed by atoms with van der Waals surface area (Å²) < 4.78 is 6.70. The van der Waals surface area contributed by atoms with Crippen molar-refractivity contribution in [1.82, 2.24) is 15.0 Å². The number of nitrogens with zero attached hydrogens (tertiary/aromatic N) is 3. The molecule has 1 N–H and O–H groups in total. The molecule has 0 saturated carbocycles. The molecule has 1 unspecified atom stereocenters. The monoisotopic (exact) mass is 246 g/mol. The second kappa shape index (κ2) is 5.31. The highest BCUT2D eigenvalue weighted by Gasteiger charge is 2.12. The van der Waals surface area contributed by atoms with Gasteiger partial charge in [-0.1, -0.05) is 35.5 Å². The molecule has 2 aromatic rings. The van der Waals surface area contributed by atoms with E-state index in [-0.39, 0.29) is 6.10 Å². The third-order valence-electron chi connectivity index (χ3n) is 2.50. The van der Waals surface area contributed by atoms with Gasteiger partial charge in [0.1, 0.15) is 6.10 Å². The summed E-state index contributed by atoms with van der Waals surface area (Å²) in [5.41, 5.74) is 0.941. The van der Waals surface area contributed by atoms with Crippen LogP contribution in [0.25, 0.3) is 0 Å². The smallest absolute Gasteiger partial charge is 0.413 e. The Morgan fingerprint density at radius 3 is 2.72 bits per heavy atom. The number of rotatable bonds is 3. The minimum atomic E-state index is -0.531. The van der Waals surface area contributed by atoms with E-state index in [4.69, 9.17) is 4.74 Å². The number of aryl methyl sites for hydroxylation is 1. The molecule has 0 aliphatic heterocycles. The van der Waals surface area contributed by atoms with Crippen LogP contribution in [0.15, 0.2) is 36.5 Å².